The van der Waals surface area contributed by atoms with E-state index < -0.39 is 0 Å². The van der Waals surface area contributed by atoms with Gasteiger partial charge < -0.3 is 5.32 Å². The van der Waals surface area contributed by atoms with Crippen molar-refractivity contribution in [3.05, 3.63) is 0 Å². The molecule has 0 aromatic rings. The summed E-state index contributed by atoms with van der Waals surface area (Å²) in [5.41, 5.74) is 0. The molecule has 0 aromatic heterocycles. The molecule has 0 amide bonds. The summed E-state index contributed by atoms with van der Waals surface area (Å²) in [6.07, 6.45) is 5.64. The van der Waals surface area contributed by atoms with Gasteiger partial charge in [-0.25, -0.2) is 0 Å². The van der Waals surface area contributed by atoms with Gasteiger partial charge in [0, 0.05) is 11.3 Å². The molecule has 1 saturated heterocycles. The van der Waals surface area contributed by atoms with Crippen LogP contribution in [0.2, 0.25) is 0 Å². The highest BCUT2D eigenvalue weighted by molar-refractivity contribution is 8.00. The van der Waals surface area contributed by atoms with Crippen LogP contribution in [0.3, 0.4) is 0 Å². The molecule has 2 rings (SSSR count). The summed E-state index contributed by atoms with van der Waals surface area (Å²) in [6.45, 7) is 7.05. The summed E-state index contributed by atoms with van der Waals surface area (Å²) >= 11 is 2.21. The lowest BCUT2D eigenvalue weighted by Gasteiger charge is -2.28. The van der Waals surface area contributed by atoms with Gasteiger partial charge in [-0.15, -0.1) is 11.8 Å². The van der Waals surface area contributed by atoms with Crippen LogP contribution in [0.25, 0.3) is 0 Å². The minimum atomic E-state index is 0.746. The Labute approximate surface area is 92.4 Å². The van der Waals surface area contributed by atoms with Crippen molar-refractivity contribution in [3.8, 4) is 0 Å². The number of nitrogens with one attached hydrogen (secondary N) is 1. The monoisotopic (exact) mass is 213 g/mol. The Morgan fingerprint density at radius 2 is 2.14 bits per heavy atom. The molecule has 4 atom stereocenters. The molecule has 1 aliphatic heterocycles. The Hall–Kier alpha value is 0.310. The second-order valence-corrected chi connectivity index (χ2v) is 6.93. The highest BCUT2D eigenvalue weighted by atomic mass is 32.2. The quantitative estimate of drug-likeness (QED) is 0.755. The van der Waals surface area contributed by atoms with Crippen LogP contribution in [0.5, 0.6) is 0 Å². The molecule has 2 heteroatoms. The van der Waals surface area contributed by atoms with Gasteiger partial charge in [-0.2, -0.15) is 0 Å². The van der Waals surface area contributed by atoms with E-state index in [0.29, 0.717) is 0 Å². The van der Waals surface area contributed by atoms with Crippen molar-refractivity contribution in [3.63, 3.8) is 0 Å². The Kier molecular flexibility index (Phi) is 3.43. The van der Waals surface area contributed by atoms with Crippen molar-refractivity contribution in [1.82, 2.24) is 5.32 Å². The lowest BCUT2D eigenvalue weighted by atomic mass is 9.87. The van der Waals surface area contributed by atoms with Crippen molar-refractivity contribution < 1.29 is 0 Å². The molecule has 14 heavy (non-hydrogen) atoms. The first-order chi connectivity index (χ1) is 6.65. The fourth-order valence-corrected chi connectivity index (χ4v) is 4.56. The van der Waals surface area contributed by atoms with E-state index in [1.165, 1.54) is 25.7 Å². The van der Waals surface area contributed by atoms with Crippen molar-refractivity contribution in [2.75, 3.05) is 0 Å². The average Bonchev–Trinajstić information content (AvgIpc) is 2.44. The normalized spacial score (nSPS) is 42.9. The zero-order chi connectivity index (χ0) is 10.1. The van der Waals surface area contributed by atoms with Crippen LogP contribution >= 0.6 is 11.8 Å². The Bertz CT molecular complexity index is 193. The first-order valence-electron chi connectivity index (χ1n) is 6.06. The molecule has 1 nitrogen and oxygen atoms in total. The fourth-order valence-electron chi connectivity index (χ4n) is 2.73. The molecular formula is C12H23NS. The maximum absolute atomic E-state index is 3.82. The van der Waals surface area contributed by atoms with E-state index in [1.807, 2.05) is 0 Å². The zero-order valence-corrected chi connectivity index (χ0v) is 10.4. The minimum Gasteiger partial charge on any atom is -0.301 e. The second kappa shape index (κ2) is 4.44. The van der Waals surface area contributed by atoms with Crippen LogP contribution < -0.4 is 5.32 Å². The molecule has 2 aliphatic rings. The molecule has 1 aliphatic carbocycles. The lowest BCUT2D eigenvalue weighted by molar-refractivity contribution is 0.317. The molecule has 4 unspecified atom stereocenters. The van der Waals surface area contributed by atoms with E-state index in [9.17, 15) is 0 Å². The fraction of sp³-hybridized carbons (Fsp3) is 1.00. The van der Waals surface area contributed by atoms with Crippen LogP contribution in [-0.4, -0.2) is 16.7 Å². The minimum absolute atomic E-state index is 0.746. The highest BCUT2D eigenvalue weighted by Crippen LogP contribution is 2.40. The van der Waals surface area contributed by atoms with Crippen molar-refractivity contribution >= 4 is 11.8 Å². The molecule has 1 saturated carbocycles. The van der Waals surface area contributed by atoms with Crippen LogP contribution in [-0.2, 0) is 0 Å². The third kappa shape index (κ3) is 2.46. The summed E-state index contributed by atoms with van der Waals surface area (Å²) in [6, 6.07) is 0.826. The molecule has 2 fully saturated rings. The van der Waals surface area contributed by atoms with Crippen LogP contribution in [0.4, 0.5) is 0 Å². The lowest BCUT2D eigenvalue weighted by Crippen LogP contribution is -2.37. The molecule has 0 radical (unpaired) electrons. The highest BCUT2D eigenvalue weighted by Gasteiger charge is 2.37. The van der Waals surface area contributed by atoms with Gasteiger partial charge in [-0.05, 0) is 37.5 Å². The van der Waals surface area contributed by atoms with Crippen LogP contribution in [0.1, 0.15) is 46.5 Å². The first-order valence-corrected chi connectivity index (χ1v) is 7.01. The van der Waals surface area contributed by atoms with Gasteiger partial charge >= 0.3 is 0 Å². The average molecular weight is 213 g/mol. The molecule has 0 aromatic carbocycles. The summed E-state index contributed by atoms with van der Waals surface area (Å²) in [5.74, 6) is 1.78. The van der Waals surface area contributed by atoms with E-state index in [4.69, 9.17) is 0 Å². The smallest absolute Gasteiger partial charge is 0.0540 e. The zero-order valence-electron chi connectivity index (χ0n) is 9.62. The predicted octanol–water partition coefficient (Wildman–Crippen LogP) is 3.25. The molecule has 1 heterocycles. The van der Waals surface area contributed by atoms with Crippen LogP contribution in [0.15, 0.2) is 0 Å². The van der Waals surface area contributed by atoms with Crippen molar-refractivity contribution in [2.45, 2.75) is 63.1 Å². The van der Waals surface area contributed by atoms with Gasteiger partial charge in [0.25, 0.3) is 0 Å². The summed E-state index contributed by atoms with van der Waals surface area (Å²) in [4.78, 5) is 0. The summed E-state index contributed by atoms with van der Waals surface area (Å²) < 4.78 is 0. The van der Waals surface area contributed by atoms with Crippen molar-refractivity contribution in [1.29, 1.82) is 0 Å². The van der Waals surface area contributed by atoms with Gasteiger partial charge in [0.2, 0.25) is 0 Å². The number of rotatable bonds is 2. The largest absolute Gasteiger partial charge is 0.301 e. The topological polar surface area (TPSA) is 12.0 Å². The SMILES string of the molecule is CC(C)CC1NC2CC(C)CCC2S1. The number of thioether (sulfide) groups is 1. The van der Waals surface area contributed by atoms with E-state index >= 15 is 0 Å². The summed E-state index contributed by atoms with van der Waals surface area (Å²) in [5, 5.41) is 5.49. The summed E-state index contributed by atoms with van der Waals surface area (Å²) in [7, 11) is 0. The van der Waals surface area contributed by atoms with Crippen molar-refractivity contribution in [2.24, 2.45) is 11.8 Å². The van der Waals surface area contributed by atoms with E-state index in [0.717, 1.165) is 28.5 Å². The van der Waals surface area contributed by atoms with Gasteiger partial charge in [0.05, 0.1) is 5.37 Å². The van der Waals surface area contributed by atoms with E-state index in [-0.39, 0.29) is 0 Å². The molecule has 0 bridgehead atoms. The van der Waals surface area contributed by atoms with Gasteiger partial charge in [0.15, 0.2) is 0 Å². The maximum Gasteiger partial charge on any atom is 0.0540 e. The Morgan fingerprint density at radius 1 is 1.36 bits per heavy atom. The predicted molar refractivity (Wildman–Crippen MR) is 64.6 cm³/mol. The standard InChI is InChI=1S/C12H23NS/c1-8(2)6-12-13-10-7-9(3)4-5-11(10)14-12/h8-13H,4-7H2,1-3H3. The number of hydrogen-bond acceptors (Lipinski definition) is 2. The second-order valence-electron chi connectivity index (χ2n) is 5.48. The Balaban J connectivity index is 1.86. The first kappa shape index (κ1) is 10.8. The Morgan fingerprint density at radius 3 is 2.86 bits per heavy atom. The van der Waals surface area contributed by atoms with Crippen LogP contribution in [0, 0.1) is 11.8 Å². The number of hydrogen-bond donors (Lipinski definition) is 1. The third-order valence-corrected chi connectivity index (χ3v) is 5.04. The maximum atomic E-state index is 3.82. The van der Waals surface area contributed by atoms with E-state index in [2.05, 4.69) is 37.8 Å². The van der Waals surface area contributed by atoms with E-state index in [1.54, 1.807) is 0 Å². The van der Waals surface area contributed by atoms with Gasteiger partial charge in [-0.3, -0.25) is 0 Å². The molecule has 1 N–H and O–H groups in total. The molecule has 0 spiro atoms. The molecule has 82 valence electrons. The third-order valence-electron chi connectivity index (χ3n) is 3.47. The number of fused-ring (bicyclic) bond motifs is 1. The van der Waals surface area contributed by atoms with Gasteiger partial charge in [0.1, 0.15) is 0 Å². The molecular weight excluding hydrogens is 190 g/mol. The van der Waals surface area contributed by atoms with Gasteiger partial charge in [-0.1, -0.05) is 20.8 Å².